The fourth-order valence-corrected chi connectivity index (χ4v) is 2.17. The molecule has 2 rings (SSSR count). The predicted molar refractivity (Wildman–Crippen MR) is 83.0 cm³/mol. The van der Waals surface area contributed by atoms with E-state index in [0.29, 0.717) is 11.3 Å². The van der Waals surface area contributed by atoms with Crippen molar-refractivity contribution >= 4 is 28.3 Å². The first-order chi connectivity index (χ1) is 9.49. The Kier molecular flexibility index (Phi) is 4.56. The quantitative estimate of drug-likeness (QED) is 0.490. The Morgan fingerprint density at radius 3 is 2.55 bits per heavy atom. The lowest BCUT2D eigenvalue weighted by Crippen LogP contribution is -1.98. The van der Waals surface area contributed by atoms with E-state index >= 15 is 0 Å². The van der Waals surface area contributed by atoms with Crippen molar-refractivity contribution in [2.45, 2.75) is 13.0 Å². The number of hydrogen-bond donors (Lipinski definition) is 1. The normalized spacial score (nSPS) is 11.9. The van der Waals surface area contributed by atoms with Gasteiger partial charge in [0.1, 0.15) is 5.75 Å². The molecular formula is C14H12INO4. The van der Waals surface area contributed by atoms with Gasteiger partial charge in [-0.15, -0.1) is 0 Å². The summed E-state index contributed by atoms with van der Waals surface area (Å²) in [6.07, 6.45) is -0.764. The van der Waals surface area contributed by atoms with Gasteiger partial charge in [0.05, 0.1) is 14.6 Å². The van der Waals surface area contributed by atoms with Crippen LogP contribution in [0.1, 0.15) is 18.6 Å². The molecule has 0 aromatic heterocycles. The Labute approximate surface area is 129 Å². The number of nitro groups is 1. The fraction of sp³-hybridized carbons (Fsp3) is 0.143. The van der Waals surface area contributed by atoms with Crippen molar-refractivity contribution in [3.63, 3.8) is 0 Å². The SMILES string of the molecule is C[C@@H](O)c1ccc(Oc2ccccc2I)c([N+](=O)[O-])c1. The summed E-state index contributed by atoms with van der Waals surface area (Å²) in [6.45, 7) is 1.56. The average Bonchev–Trinajstić information content (AvgIpc) is 2.41. The summed E-state index contributed by atoms with van der Waals surface area (Å²) in [5.41, 5.74) is 0.315. The fourth-order valence-electron chi connectivity index (χ4n) is 1.67. The number of rotatable bonds is 4. The van der Waals surface area contributed by atoms with E-state index in [-0.39, 0.29) is 11.4 Å². The average molecular weight is 385 g/mol. The second-order valence-electron chi connectivity index (χ2n) is 4.19. The van der Waals surface area contributed by atoms with Gasteiger partial charge >= 0.3 is 5.69 Å². The number of nitro benzene ring substituents is 1. The zero-order valence-corrected chi connectivity index (χ0v) is 12.8. The first-order valence-corrected chi connectivity index (χ1v) is 6.95. The number of aliphatic hydroxyl groups is 1. The van der Waals surface area contributed by atoms with Gasteiger partial charge in [0.25, 0.3) is 0 Å². The standard InChI is InChI=1S/C14H12INO4/c1-9(17)10-6-7-14(12(8-10)16(18)19)20-13-5-3-2-4-11(13)15/h2-9,17H,1H3/t9-/m1/s1. The summed E-state index contributed by atoms with van der Waals surface area (Å²) in [5, 5.41) is 20.6. The van der Waals surface area contributed by atoms with Crippen LogP contribution in [0.25, 0.3) is 0 Å². The lowest BCUT2D eigenvalue weighted by molar-refractivity contribution is -0.385. The summed E-state index contributed by atoms with van der Waals surface area (Å²) >= 11 is 2.10. The van der Waals surface area contributed by atoms with Gasteiger partial charge in [0, 0.05) is 6.07 Å². The Morgan fingerprint density at radius 2 is 1.95 bits per heavy atom. The van der Waals surface area contributed by atoms with Crippen molar-refractivity contribution in [3.8, 4) is 11.5 Å². The van der Waals surface area contributed by atoms with Crippen molar-refractivity contribution in [2.24, 2.45) is 0 Å². The molecule has 1 atom stereocenters. The minimum atomic E-state index is -0.764. The van der Waals surface area contributed by atoms with Gasteiger partial charge in [-0.05, 0) is 53.3 Å². The molecule has 0 aliphatic rings. The molecule has 0 radical (unpaired) electrons. The van der Waals surface area contributed by atoms with E-state index in [1.54, 1.807) is 25.1 Å². The third-order valence-corrected chi connectivity index (χ3v) is 3.61. The summed E-state index contributed by atoms with van der Waals surface area (Å²) in [6, 6.07) is 11.7. The minimum absolute atomic E-state index is 0.156. The largest absolute Gasteiger partial charge is 0.449 e. The molecule has 104 valence electrons. The third-order valence-electron chi connectivity index (χ3n) is 2.72. The molecule has 5 nitrogen and oxygen atoms in total. The monoisotopic (exact) mass is 385 g/mol. The molecule has 0 aliphatic carbocycles. The van der Waals surface area contributed by atoms with Crippen LogP contribution in [0.3, 0.4) is 0 Å². The van der Waals surface area contributed by atoms with Crippen molar-refractivity contribution < 1.29 is 14.8 Å². The van der Waals surface area contributed by atoms with Gasteiger partial charge in [0.2, 0.25) is 5.75 Å². The van der Waals surface area contributed by atoms with Crippen LogP contribution in [0, 0.1) is 13.7 Å². The van der Waals surface area contributed by atoms with E-state index < -0.39 is 11.0 Å². The van der Waals surface area contributed by atoms with E-state index in [4.69, 9.17) is 4.74 Å². The smallest absolute Gasteiger partial charge is 0.311 e. The Morgan fingerprint density at radius 1 is 1.25 bits per heavy atom. The Balaban J connectivity index is 2.41. The number of ether oxygens (including phenoxy) is 1. The zero-order valence-electron chi connectivity index (χ0n) is 10.6. The van der Waals surface area contributed by atoms with Crippen LogP contribution in [0.4, 0.5) is 5.69 Å². The topological polar surface area (TPSA) is 72.6 Å². The van der Waals surface area contributed by atoms with Crippen LogP contribution in [-0.2, 0) is 0 Å². The second kappa shape index (κ2) is 6.19. The molecule has 0 bridgehead atoms. The molecule has 2 aromatic rings. The number of benzene rings is 2. The molecule has 0 fully saturated rings. The lowest BCUT2D eigenvalue weighted by atomic mass is 10.1. The van der Waals surface area contributed by atoms with Crippen molar-refractivity contribution in [3.05, 3.63) is 61.7 Å². The highest BCUT2D eigenvalue weighted by molar-refractivity contribution is 14.1. The van der Waals surface area contributed by atoms with Crippen LogP contribution in [0.5, 0.6) is 11.5 Å². The summed E-state index contributed by atoms with van der Waals surface area (Å²) in [4.78, 5) is 10.6. The molecule has 2 aromatic carbocycles. The number of halogens is 1. The second-order valence-corrected chi connectivity index (χ2v) is 5.35. The highest BCUT2D eigenvalue weighted by Gasteiger charge is 2.18. The summed E-state index contributed by atoms with van der Waals surface area (Å²) in [7, 11) is 0. The number of hydrogen-bond acceptors (Lipinski definition) is 4. The van der Waals surface area contributed by atoms with Crippen LogP contribution in [-0.4, -0.2) is 10.0 Å². The highest BCUT2D eigenvalue weighted by atomic mass is 127. The molecule has 0 saturated heterocycles. The molecule has 20 heavy (non-hydrogen) atoms. The zero-order chi connectivity index (χ0) is 14.7. The maximum atomic E-state index is 11.1. The van der Waals surface area contributed by atoms with E-state index in [1.165, 1.54) is 12.1 Å². The van der Waals surface area contributed by atoms with Crippen LogP contribution in [0.2, 0.25) is 0 Å². The highest BCUT2D eigenvalue weighted by Crippen LogP contribution is 2.35. The first kappa shape index (κ1) is 14.7. The number of para-hydroxylation sites is 1. The summed E-state index contributed by atoms with van der Waals surface area (Å²) in [5.74, 6) is 0.713. The molecule has 0 aliphatic heterocycles. The van der Waals surface area contributed by atoms with Gasteiger partial charge in [-0.2, -0.15) is 0 Å². The molecule has 0 amide bonds. The first-order valence-electron chi connectivity index (χ1n) is 5.88. The van der Waals surface area contributed by atoms with Crippen LogP contribution >= 0.6 is 22.6 Å². The van der Waals surface area contributed by atoms with Gasteiger partial charge in [-0.1, -0.05) is 18.2 Å². The third kappa shape index (κ3) is 3.26. The maximum Gasteiger partial charge on any atom is 0.311 e. The molecule has 1 N–H and O–H groups in total. The Hall–Kier alpha value is -1.67. The lowest BCUT2D eigenvalue weighted by Gasteiger charge is -2.10. The molecular weight excluding hydrogens is 373 g/mol. The maximum absolute atomic E-state index is 11.1. The van der Waals surface area contributed by atoms with E-state index in [9.17, 15) is 15.2 Å². The number of nitrogens with zero attached hydrogens (tertiary/aromatic N) is 1. The molecule has 0 unspecified atom stereocenters. The summed E-state index contributed by atoms with van der Waals surface area (Å²) < 4.78 is 6.47. The molecule has 0 heterocycles. The van der Waals surface area contributed by atoms with Crippen molar-refractivity contribution in [1.29, 1.82) is 0 Å². The Bertz CT molecular complexity index is 643. The van der Waals surface area contributed by atoms with Crippen molar-refractivity contribution in [2.75, 3.05) is 0 Å². The van der Waals surface area contributed by atoms with Crippen LogP contribution in [0.15, 0.2) is 42.5 Å². The predicted octanol–water partition coefficient (Wildman–Crippen LogP) is 4.05. The molecule has 6 heteroatoms. The van der Waals surface area contributed by atoms with Gasteiger partial charge < -0.3 is 9.84 Å². The van der Waals surface area contributed by atoms with Gasteiger partial charge in [-0.3, -0.25) is 10.1 Å². The van der Waals surface area contributed by atoms with Gasteiger partial charge in [-0.25, -0.2) is 0 Å². The van der Waals surface area contributed by atoms with Crippen LogP contribution < -0.4 is 4.74 Å². The van der Waals surface area contributed by atoms with E-state index in [0.717, 1.165) is 3.57 Å². The van der Waals surface area contributed by atoms with E-state index in [2.05, 4.69) is 22.6 Å². The molecule has 0 saturated carbocycles. The minimum Gasteiger partial charge on any atom is -0.449 e. The van der Waals surface area contributed by atoms with E-state index in [1.807, 2.05) is 12.1 Å². The van der Waals surface area contributed by atoms with Gasteiger partial charge in [0.15, 0.2) is 0 Å². The van der Waals surface area contributed by atoms with Crippen molar-refractivity contribution in [1.82, 2.24) is 0 Å². The number of aliphatic hydroxyl groups excluding tert-OH is 1. The molecule has 0 spiro atoms.